The van der Waals surface area contributed by atoms with Gasteiger partial charge in [0.1, 0.15) is 12.5 Å². The average molecular weight is 361 g/mol. The summed E-state index contributed by atoms with van der Waals surface area (Å²) in [6, 6.07) is 6.92. The van der Waals surface area contributed by atoms with E-state index < -0.39 is 17.9 Å². The fourth-order valence-corrected chi connectivity index (χ4v) is 3.04. The number of hydrogen-bond acceptors (Lipinski definition) is 5. The van der Waals surface area contributed by atoms with E-state index in [9.17, 15) is 9.59 Å². The first-order chi connectivity index (χ1) is 12.5. The van der Waals surface area contributed by atoms with Gasteiger partial charge in [0.2, 0.25) is 0 Å². The molecule has 2 amide bonds. The van der Waals surface area contributed by atoms with E-state index in [2.05, 4.69) is 36.0 Å². The van der Waals surface area contributed by atoms with Crippen molar-refractivity contribution in [1.29, 1.82) is 0 Å². The van der Waals surface area contributed by atoms with Gasteiger partial charge in [-0.25, -0.2) is 4.79 Å². The number of rotatable bonds is 8. The first-order valence-electron chi connectivity index (χ1n) is 8.78. The standard InChI is InChI=1S/C19H27N3O4/c1-5-22(6-2)15-9-7-14(8-10-15)17-16(13(3)20-19(24)21-17)18(23)26-12-11-25-4/h7-10,16-17H,3,5-6,11-12H2,1-2,4H3,(H2,20,21,24)/t16-,17+/m0/s1. The van der Waals surface area contributed by atoms with Gasteiger partial charge in [-0.2, -0.15) is 0 Å². The Bertz CT molecular complexity index is 641. The van der Waals surface area contributed by atoms with Crippen molar-refractivity contribution in [1.82, 2.24) is 10.6 Å². The molecule has 7 heteroatoms. The van der Waals surface area contributed by atoms with Crippen molar-refractivity contribution >= 4 is 17.7 Å². The minimum absolute atomic E-state index is 0.153. The SMILES string of the molecule is C=C1NC(=O)N[C@H](c2ccc(N(CC)CC)cc2)[C@H]1C(=O)OCCOC. The Morgan fingerprint density at radius 3 is 2.42 bits per heavy atom. The first kappa shape index (κ1) is 19.8. The summed E-state index contributed by atoms with van der Waals surface area (Å²) >= 11 is 0. The predicted octanol–water partition coefficient (Wildman–Crippen LogP) is 2.21. The van der Waals surface area contributed by atoms with E-state index in [-0.39, 0.29) is 12.6 Å². The van der Waals surface area contributed by atoms with E-state index >= 15 is 0 Å². The van der Waals surface area contributed by atoms with Gasteiger partial charge in [0.05, 0.1) is 12.6 Å². The molecular formula is C19H27N3O4. The van der Waals surface area contributed by atoms with E-state index in [1.54, 1.807) is 0 Å². The molecule has 0 aromatic heterocycles. The zero-order valence-corrected chi connectivity index (χ0v) is 15.6. The summed E-state index contributed by atoms with van der Waals surface area (Å²) in [5.74, 6) is -1.15. The Labute approximate surface area is 154 Å². The van der Waals surface area contributed by atoms with Gasteiger partial charge >= 0.3 is 12.0 Å². The maximum atomic E-state index is 12.5. The van der Waals surface area contributed by atoms with E-state index in [1.807, 2.05) is 24.3 Å². The molecule has 1 aliphatic rings. The van der Waals surface area contributed by atoms with Crippen molar-refractivity contribution in [3.63, 3.8) is 0 Å². The fraction of sp³-hybridized carbons (Fsp3) is 0.474. The molecule has 0 saturated carbocycles. The third-order valence-electron chi connectivity index (χ3n) is 4.44. The second-order valence-corrected chi connectivity index (χ2v) is 6.00. The van der Waals surface area contributed by atoms with Crippen LogP contribution in [0.15, 0.2) is 36.5 Å². The lowest BCUT2D eigenvalue weighted by Crippen LogP contribution is -2.51. The van der Waals surface area contributed by atoms with Crippen LogP contribution in [0.1, 0.15) is 25.5 Å². The highest BCUT2D eigenvalue weighted by Crippen LogP contribution is 2.31. The van der Waals surface area contributed by atoms with Gasteiger partial charge in [-0.3, -0.25) is 4.79 Å². The highest BCUT2D eigenvalue weighted by Gasteiger charge is 2.38. The molecule has 0 aliphatic carbocycles. The van der Waals surface area contributed by atoms with Crippen LogP contribution >= 0.6 is 0 Å². The zero-order chi connectivity index (χ0) is 19.1. The normalized spacial score (nSPS) is 19.5. The number of esters is 1. The first-order valence-corrected chi connectivity index (χ1v) is 8.78. The lowest BCUT2D eigenvalue weighted by molar-refractivity contribution is -0.149. The quantitative estimate of drug-likeness (QED) is 0.548. The molecule has 2 N–H and O–H groups in total. The summed E-state index contributed by atoms with van der Waals surface area (Å²) in [5, 5.41) is 5.37. The van der Waals surface area contributed by atoms with Gasteiger partial charge in [0, 0.05) is 31.6 Å². The van der Waals surface area contributed by atoms with Crippen LogP contribution in [0.25, 0.3) is 0 Å². The molecule has 1 heterocycles. The number of carbonyl (C=O) groups excluding carboxylic acids is 2. The number of carbonyl (C=O) groups is 2. The van der Waals surface area contributed by atoms with Gasteiger partial charge in [0.15, 0.2) is 0 Å². The Balaban J connectivity index is 2.22. The number of methoxy groups -OCH3 is 1. The number of urea groups is 1. The van der Waals surface area contributed by atoms with E-state index in [1.165, 1.54) is 7.11 Å². The zero-order valence-electron chi connectivity index (χ0n) is 15.6. The summed E-state index contributed by atoms with van der Waals surface area (Å²) in [5.41, 5.74) is 2.25. The van der Waals surface area contributed by atoms with E-state index in [0.717, 1.165) is 24.3 Å². The lowest BCUT2D eigenvalue weighted by atomic mass is 9.89. The lowest BCUT2D eigenvalue weighted by Gasteiger charge is -2.33. The van der Waals surface area contributed by atoms with Crippen LogP contribution in [0.5, 0.6) is 0 Å². The van der Waals surface area contributed by atoms with Crippen LogP contribution in [0.2, 0.25) is 0 Å². The number of nitrogens with zero attached hydrogens (tertiary/aromatic N) is 1. The molecule has 1 fully saturated rings. The highest BCUT2D eigenvalue weighted by atomic mass is 16.6. The Morgan fingerprint density at radius 2 is 1.85 bits per heavy atom. The third-order valence-corrected chi connectivity index (χ3v) is 4.44. The number of amides is 2. The average Bonchev–Trinajstić information content (AvgIpc) is 2.62. The molecule has 0 bridgehead atoms. The predicted molar refractivity (Wildman–Crippen MR) is 99.9 cm³/mol. The molecule has 0 spiro atoms. The highest BCUT2D eigenvalue weighted by molar-refractivity contribution is 5.85. The number of ether oxygens (including phenoxy) is 2. The van der Waals surface area contributed by atoms with Crippen LogP contribution < -0.4 is 15.5 Å². The molecule has 0 unspecified atom stereocenters. The minimum atomic E-state index is -0.705. The van der Waals surface area contributed by atoms with Crippen LogP contribution in [0, 0.1) is 5.92 Å². The molecule has 2 rings (SSSR count). The largest absolute Gasteiger partial charge is 0.463 e. The molecule has 1 aliphatic heterocycles. The maximum absolute atomic E-state index is 12.5. The van der Waals surface area contributed by atoms with E-state index in [0.29, 0.717) is 12.3 Å². The summed E-state index contributed by atoms with van der Waals surface area (Å²) < 4.78 is 10.2. The Kier molecular flexibility index (Phi) is 7.03. The second-order valence-electron chi connectivity index (χ2n) is 6.00. The van der Waals surface area contributed by atoms with Crippen LogP contribution in [0.4, 0.5) is 10.5 Å². The van der Waals surface area contributed by atoms with Crippen molar-refractivity contribution < 1.29 is 19.1 Å². The van der Waals surface area contributed by atoms with Gasteiger partial charge in [-0.1, -0.05) is 18.7 Å². The number of nitrogens with one attached hydrogen (secondary N) is 2. The number of benzene rings is 1. The van der Waals surface area contributed by atoms with Crippen molar-refractivity contribution in [2.75, 3.05) is 38.3 Å². The molecule has 1 aromatic rings. The van der Waals surface area contributed by atoms with Crippen molar-refractivity contribution in [2.24, 2.45) is 5.92 Å². The van der Waals surface area contributed by atoms with Crippen molar-refractivity contribution in [3.8, 4) is 0 Å². The van der Waals surface area contributed by atoms with Crippen molar-refractivity contribution in [3.05, 3.63) is 42.1 Å². The molecule has 142 valence electrons. The molecule has 2 atom stereocenters. The van der Waals surface area contributed by atoms with Crippen LogP contribution in [0.3, 0.4) is 0 Å². The van der Waals surface area contributed by atoms with Gasteiger partial charge < -0.3 is 25.0 Å². The van der Waals surface area contributed by atoms with E-state index in [4.69, 9.17) is 9.47 Å². The monoisotopic (exact) mass is 361 g/mol. The Hall–Kier alpha value is -2.54. The smallest absolute Gasteiger partial charge is 0.319 e. The number of anilines is 1. The minimum Gasteiger partial charge on any atom is -0.463 e. The third kappa shape index (κ3) is 4.54. The summed E-state index contributed by atoms with van der Waals surface area (Å²) in [6.45, 7) is 10.3. The molecule has 26 heavy (non-hydrogen) atoms. The number of hydrogen-bond donors (Lipinski definition) is 2. The topological polar surface area (TPSA) is 79.9 Å². The van der Waals surface area contributed by atoms with Crippen LogP contribution in [-0.2, 0) is 14.3 Å². The second kappa shape index (κ2) is 9.24. The fourth-order valence-electron chi connectivity index (χ4n) is 3.04. The summed E-state index contributed by atoms with van der Waals surface area (Å²) in [4.78, 5) is 26.6. The van der Waals surface area contributed by atoms with Gasteiger partial charge in [0.25, 0.3) is 0 Å². The summed E-state index contributed by atoms with van der Waals surface area (Å²) in [7, 11) is 1.54. The van der Waals surface area contributed by atoms with Crippen LogP contribution in [-0.4, -0.2) is 45.4 Å². The van der Waals surface area contributed by atoms with Crippen molar-refractivity contribution in [2.45, 2.75) is 19.9 Å². The molecule has 7 nitrogen and oxygen atoms in total. The molecule has 1 saturated heterocycles. The summed E-state index contributed by atoms with van der Waals surface area (Å²) in [6.07, 6.45) is 0. The molecule has 1 aromatic carbocycles. The van der Waals surface area contributed by atoms with Gasteiger partial charge in [-0.05, 0) is 31.5 Å². The molecule has 0 radical (unpaired) electrons. The molecular weight excluding hydrogens is 334 g/mol. The van der Waals surface area contributed by atoms with Gasteiger partial charge in [-0.15, -0.1) is 0 Å². The maximum Gasteiger partial charge on any atom is 0.319 e. The Morgan fingerprint density at radius 1 is 1.19 bits per heavy atom.